The van der Waals surface area contributed by atoms with Crippen molar-refractivity contribution >= 4 is 20.5 Å². The van der Waals surface area contributed by atoms with Gasteiger partial charge in [-0.25, -0.2) is 0 Å². The largest absolute Gasteiger partial charge is 0.414 e. The molecule has 0 fully saturated rings. The summed E-state index contributed by atoms with van der Waals surface area (Å²) in [4.78, 5) is 0. The molecule has 0 atom stereocenters. The van der Waals surface area contributed by atoms with Crippen molar-refractivity contribution in [3.8, 4) is 0 Å². The van der Waals surface area contributed by atoms with Crippen LogP contribution in [-0.4, -0.2) is 15.4 Å². The lowest BCUT2D eigenvalue weighted by Crippen LogP contribution is -2.32. The minimum atomic E-state index is -0.659. The first kappa shape index (κ1) is 13.2. The molecule has 0 amide bonds. The molecule has 0 aliphatic heterocycles. The van der Waals surface area contributed by atoms with Crippen LogP contribution in [-0.2, 0) is 4.43 Å². The van der Waals surface area contributed by atoms with Crippen molar-refractivity contribution in [3.63, 3.8) is 0 Å². The zero-order valence-electron chi connectivity index (χ0n) is 10.8. The maximum absolute atomic E-state index is 6.05. The van der Waals surface area contributed by atoms with E-state index in [4.69, 9.17) is 4.43 Å². The molecule has 1 nitrogen and oxygen atoms in total. The standard InChI is InChI=1S/C14H22OSi/c1-6-14(4,5)15-16-13-10-8-7-9-12(13)11(2)3/h7-10H,2,6,16H2,1,3-5H3. The highest BCUT2D eigenvalue weighted by Crippen LogP contribution is 2.13. The van der Waals surface area contributed by atoms with Crippen molar-refractivity contribution in [2.45, 2.75) is 39.7 Å². The van der Waals surface area contributed by atoms with Crippen LogP contribution in [0, 0.1) is 0 Å². The van der Waals surface area contributed by atoms with Crippen LogP contribution in [0.15, 0.2) is 30.8 Å². The summed E-state index contributed by atoms with van der Waals surface area (Å²) in [7, 11) is -0.659. The summed E-state index contributed by atoms with van der Waals surface area (Å²) in [5, 5.41) is 1.36. The van der Waals surface area contributed by atoms with E-state index in [1.165, 1.54) is 10.8 Å². The summed E-state index contributed by atoms with van der Waals surface area (Å²) in [6, 6.07) is 8.44. The Labute approximate surface area is 101 Å². The number of rotatable bonds is 5. The molecular weight excluding hydrogens is 212 g/mol. The molecule has 1 aromatic carbocycles. The lowest BCUT2D eigenvalue weighted by atomic mass is 10.1. The first-order valence-electron chi connectivity index (χ1n) is 5.84. The van der Waals surface area contributed by atoms with Gasteiger partial charge >= 0.3 is 0 Å². The van der Waals surface area contributed by atoms with Gasteiger partial charge in [0.15, 0.2) is 9.76 Å². The Hall–Kier alpha value is -0.863. The quantitative estimate of drug-likeness (QED) is 0.712. The van der Waals surface area contributed by atoms with E-state index in [1.807, 2.05) is 0 Å². The predicted octanol–water partition coefficient (Wildman–Crippen LogP) is 2.63. The minimum absolute atomic E-state index is 0.00834. The molecule has 0 heterocycles. The second-order valence-corrected chi connectivity index (χ2v) is 6.18. The number of hydrogen-bond donors (Lipinski definition) is 0. The topological polar surface area (TPSA) is 9.23 Å². The van der Waals surface area contributed by atoms with Crippen LogP contribution < -0.4 is 5.19 Å². The molecule has 2 heteroatoms. The molecule has 0 N–H and O–H groups in total. The summed E-state index contributed by atoms with van der Waals surface area (Å²) in [6.07, 6.45) is 1.05. The summed E-state index contributed by atoms with van der Waals surface area (Å²) >= 11 is 0. The Morgan fingerprint density at radius 3 is 2.56 bits per heavy atom. The second kappa shape index (κ2) is 5.46. The third-order valence-electron chi connectivity index (χ3n) is 2.95. The van der Waals surface area contributed by atoms with Crippen molar-refractivity contribution in [1.29, 1.82) is 0 Å². The maximum atomic E-state index is 6.05. The zero-order valence-corrected chi connectivity index (χ0v) is 12.3. The lowest BCUT2D eigenvalue weighted by molar-refractivity contribution is 0.114. The van der Waals surface area contributed by atoms with E-state index in [9.17, 15) is 0 Å². The highest BCUT2D eigenvalue weighted by Gasteiger charge is 2.15. The molecule has 0 radical (unpaired) electrons. The summed E-state index contributed by atoms with van der Waals surface area (Å²) < 4.78 is 6.05. The Morgan fingerprint density at radius 2 is 2.00 bits per heavy atom. The van der Waals surface area contributed by atoms with Gasteiger partial charge in [0.05, 0.1) is 5.60 Å². The summed E-state index contributed by atoms with van der Waals surface area (Å²) in [5.74, 6) is 0. The Balaban J connectivity index is 2.78. The van der Waals surface area contributed by atoms with Gasteiger partial charge in [0.25, 0.3) is 0 Å². The van der Waals surface area contributed by atoms with Crippen LogP contribution in [0.3, 0.4) is 0 Å². The van der Waals surface area contributed by atoms with E-state index >= 15 is 0 Å². The highest BCUT2D eigenvalue weighted by molar-refractivity contribution is 6.48. The Morgan fingerprint density at radius 1 is 1.38 bits per heavy atom. The molecule has 1 aromatic rings. The smallest absolute Gasteiger partial charge is 0.193 e. The van der Waals surface area contributed by atoms with E-state index in [0.29, 0.717) is 0 Å². The summed E-state index contributed by atoms with van der Waals surface area (Å²) in [6.45, 7) is 12.5. The fourth-order valence-corrected chi connectivity index (χ4v) is 3.00. The average Bonchev–Trinajstić information content (AvgIpc) is 2.27. The molecule has 0 aliphatic rings. The van der Waals surface area contributed by atoms with Crippen LogP contribution in [0.1, 0.15) is 39.7 Å². The predicted molar refractivity (Wildman–Crippen MR) is 74.8 cm³/mol. The van der Waals surface area contributed by atoms with Gasteiger partial charge in [-0.3, -0.25) is 0 Å². The van der Waals surface area contributed by atoms with E-state index in [-0.39, 0.29) is 5.60 Å². The zero-order chi connectivity index (χ0) is 12.2. The molecule has 0 aliphatic carbocycles. The molecule has 0 saturated heterocycles. The van der Waals surface area contributed by atoms with Crippen molar-refractivity contribution in [2.75, 3.05) is 0 Å². The molecule has 16 heavy (non-hydrogen) atoms. The van der Waals surface area contributed by atoms with Crippen molar-refractivity contribution in [2.24, 2.45) is 0 Å². The highest BCUT2D eigenvalue weighted by atomic mass is 28.2. The van der Waals surface area contributed by atoms with E-state index in [1.54, 1.807) is 0 Å². The molecule has 0 bridgehead atoms. The van der Waals surface area contributed by atoms with Gasteiger partial charge in [-0.15, -0.1) is 0 Å². The third kappa shape index (κ3) is 3.61. The van der Waals surface area contributed by atoms with Crippen LogP contribution in [0.25, 0.3) is 5.57 Å². The molecular formula is C14H22OSi. The average molecular weight is 234 g/mol. The fraction of sp³-hybridized carbons (Fsp3) is 0.429. The molecule has 0 unspecified atom stereocenters. The van der Waals surface area contributed by atoms with Gasteiger partial charge in [-0.05, 0) is 37.9 Å². The van der Waals surface area contributed by atoms with E-state index < -0.39 is 9.76 Å². The molecule has 1 rings (SSSR count). The van der Waals surface area contributed by atoms with Crippen LogP contribution in [0.2, 0.25) is 0 Å². The van der Waals surface area contributed by atoms with Gasteiger partial charge in [0.1, 0.15) is 0 Å². The second-order valence-electron chi connectivity index (χ2n) is 4.84. The van der Waals surface area contributed by atoms with Gasteiger partial charge in [-0.2, -0.15) is 0 Å². The number of benzene rings is 1. The Bertz CT molecular complexity index is 369. The van der Waals surface area contributed by atoms with E-state index in [0.717, 1.165) is 12.0 Å². The first-order chi connectivity index (χ1) is 7.46. The maximum Gasteiger partial charge on any atom is 0.193 e. The molecule has 0 saturated carbocycles. The normalized spacial score (nSPS) is 12.2. The van der Waals surface area contributed by atoms with Crippen molar-refractivity contribution in [1.82, 2.24) is 0 Å². The SMILES string of the molecule is C=C(C)c1ccccc1[SiH2]OC(C)(C)CC. The molecule has 88 valence electrons. The lowest BCUT2D eigenvalue weighted by Gasteiger charge is -2.24. The van der Waals surface area contributed by atoms with Gasteiger partial charge in [-0.1, -0.05) is 43.3 Å². The fourth-order valence-electron chi connectivity index (χ4n) is 1.44. The minimum Gasteiger partial charge on any atom is -0.414 e. The number of allylic oxidation sites excluding steroid dienone is 1. The van der Waals surface area contributed by atoms with Gasteiger partial charge in [0.2, 0.25) is 0 Å². The van der Waals surface area contributed by atoms with Gasteiger partial charge < -0.3 is 4.43 Å². The van der Waals surface area contributed by atoms with E-state index in [2.05, 4.69) is 58.5 Å². The monoisotopic (exact) mass is 234 g/mol. The van der Waals surface area contributed by atoms with Crippen LogP contribution in [0.5, 0.6) is 0 Å². The number of hydrogen-bond acceptors (Lipinski definition) is 1. The Kier molecular flexibility index (Phi) is 4.51. The van der Waals surface area contributed by atoms with Crippen molar-refractivity contribution < 1.29 is 4.43 Å². The van der Waals surface area contributed by atoms with Crippen LogP contribution in [0.4, 0.5) is 0 Å². The van der Waals surface area contributed by atoms with Crippen molar-refractivity contribution in [3.05, 3.63) is 36.4 Å². The first-order valence-corrected chi connectivity index (χ1v) is 7.12. The van der Waals surface area contributed by atoms with Crippen LogP contribution >= 0.6 is 0 Å². The molecule has 0 aromatic heterocycles. The van der Waals surface area contributed by atoms with Gasteiger partial charge in [0, 0.05) is 0 Å². The summed E-state index contributed by atoms with van der Waals surface area (Å²) in [5.41, 5.74) is 2.40. The third-order valence-corrected chi connectivity index (χ3v) is 4.80. The molecule has 0 spiro atoms.